The Morgan fingerprint density at radius 2 is 1.35 bits per heavy atom. The van der Waals surface area contributed by atoms with Crippen molar-refractivity contribution in [1.82, 2.24) is 0 Å². The van der Waals surface area contributed by atoms with Gasteiger partial charge < -0.3 is 18.9 Å². The second kappa shape index (κ2) is 7.05. The lowest BCUT2D eigenvalue weighted by Crippen LogP contribution is -2.11. The third-order valence-electron chi connectivity index (χ3n) is 3.50. The summed E-state index contributed by atoms with van der Waals surface area (Å²) in [4.78, 5) is 12.5. The zero-order chi connectivity index (χ0) is 17.0. The van der Waals surface area contributed by atoms with Gasteiger partial charge in [0.2, 0.25) is 5.75 Å². The number of hydrogen-bond acceptors (Lipinski definition) is 5. The number of hydrogen-bond donors (Lipinski definition) is 0. The lowest BCUT2D eigenvalue weighted by Gasteiger charge is -2.14. The van der Waals surface area contributed by atoms with E-state index in [4.69, 9.17) is 18.9 Å². The standard InChI is InChI=1S/C18H20O5/c1-11-7-6-8-12(2)16(11)23-18(19)13-9-14(20-3)17(22-5)15(10-13)21-4/h6-10H,1-5H3. The molecule has 0 amide bonds. The Morgan fingerprint density at radius 1 is 0.826 bits per heavy atom. The maximum Gasteiger partial charge on any atom is 0.343 e. The van der Waals surface area contributed by atoms with E-state index in [-0.39, 0.29) is 0 Å². The molecular formula is C18H20O5. The molecule has 0 unspecified atom stereocenters. The lowest BCUT2D eigenvalue weighted by atomic mass is 10.1. The van der Waals surface area contributed by atoms with Crippen LogP contribution in [0, 0.1) is 13.8 Å². The number of esters is 1. The molecule has 2 aromatic carbocycles. The monoisotopic (exact) mass is 316 g/mol. The molecular weight excluding hydrogens is 296 g/mol. The summed E-state index contributed by atoms with van der Waals surface area (Å²) >= 11 is 0. The number of rotatable bonds is 5. The van der Waals surface area contributed by atoms with E-state index >= 15 is 0 Å². The predicted octanol–water partition coefficient (Wildman–Crippen LogP) is 3.55. The van der Waals surface area contributed by atoms with Crippen molar-refractivity contribution in [3.63, 3.8) is 0 Å². The molecule has 0 spiro atoms. The van der Waals surface area contributed by atoms with Crippen LogP contribution in [0.25, 0.3) is 0 Å². The third-order valence-corrected chi connectivity index (χ3v) is 3.50. The Labute approximate surface area is 135 Å². The Hall–Kier alpha value is -2.69. The van der Waals surface area contributed by atoms with Crippen molar-refractivity contribution in [3.05, 3.63) is 47.0 Å². The van der Waals surface area contributed by atoms with Gasteiger partial charge in [0.15, 0.2) is 11.5 Å². The highest BCUT2D eigenvalue weighted by Crippen LogP contribution is 2.38. The fraction of sp³-hybridized carbons (Fsp3) is 0.278. The number of carbonyl (C=O) groups is 1. The molecule has 0 heterocycles. The Morgan fingerprint density at radius 3 is 1.78 bits per heavy atom. The summed E-state index contributed by atoms with van der Waals surface area (Å²) in [6, 6.07) is 8.84. The normalized spacial score (nSPS) is 10.1. The van der Waals surface area contributed by atoms with Crippen LogP contribution >= 0.6 is 0 Å². The fourth-order valence-electron chi connectivity index (χ4n) is 2.31. The number of para-hydroxylation sites is 1. The summed E-state index contributed by atoms with van der Waals surface area (Å²) in [6.07, 6.45) is 0. The van der Waals surface area contributed by atoms with Gasteiger partial charge in [0.25, 0.3) is 0 Å². The van der Waals surface area contributed by atoms with Crippen LogP contribution in [0.5, 0.6) is 23.0 Å². The molecule has 2 rings (SSSR count). The van der Waals surface area contributed by atoms with E-state index in [1.54, 1.807) is 12.1 Å². The smallest absolute Gasteiger partial charge is 0.343 e. The summed E-state index contributed by atoms with van der Waals surface area (Å²) in [5, 5.41) is 0. The first-order valence-corrected chi connectivity index (χ1v) is 7.10. The fourth-order valence-corrected chi connectivity index (χ4v) is 2.31. The number of ether oxygens (including phenoxy) is 4. The van der Waals surface area contributed by atoms with Gasteiger partial charge in [0.1, 0.15) is 5.75 Å². The van der Waals surface area contributed by atoms with Gasteiger partial charge in [-0.25, -0.2) is 4.79 Å². The first-order valence-electron chi connectivity index (χ1n) is 7.10. The maximum absolute atomic E-state index is 12.5. The van der Waals surface area contributed by atoms with Gasteiger partial charge in [-0.1, -0.05) is 18.2 Å². The molecule has 122 valence electrons. The third kappa shape index (κ3) is 3.39. The molecule has 0 saturated carbocycles. The van der Waals surface area contributed by atoms with Crippen molar-refractivity contribution < 1.29 is 23.7 Å². The Kier molecular flexibility index (Phi) is 5.11. The van der Waals surface area contributed by atoms with E-state index in [2.05, 4.69) is 0 Å². The van der Waals surface area contributed by atoms with Crippen LogP contribution in [0.2, 0.25) is 0 Å². The van der Waals surface area contributed by atoms with Crippen LogP contribution in [0.4, 0.5) is 0 Å². The Bertz CT molecular complexity index is 676. The summed E-state index contributed by atoms with van der Waals surface area (Å²) < 4.78 is 21.3. The van der Waals surface area contributed by atoms with Crippen LogP contribution in [0.15, 0.2) is 30.3 Å². The molecule has 5 heteroatoms. The maximum atomic E-state index is 12.5. The van der Waals surface area contributed by atoms with Crippen molar-refractivity contribution in [3.8, 4) is 23.0 Å². The van der Waals surface area contributed by atoms with E-state index in [1.807, 2.05) is 32.0 Å². The van der Waals surface area contributed by atoms with Gasteiger partial charge in [0, 0.05) is 0 Å². The van der Waals surface area contributed by atoms with Gasteiger partial charge in [-0.3, -0.25) is 0 Å². The van der Waals surface area contributed by atoms with Crippen molar-refractivity contribution in [1.29, 1.82) is 0 Å². The van der Waals surface area contributed by atoms with Gasteiger partial charge in [-0.15, -0.1) is 0 Å². The van der Waals surface area contributed by atoms with Crippen molar-refractivity contribution in [2.45, 2.75) is 13.8 Å². The molecule has 0 radical (unpaired) electrons. The molecule has 0 saturated heterocycles. The first kappa shape index (κ1) is 16.7. The van der Waals surface area contributed by atoms with Gasteiger partial charge in [-0.2, -0.15) is 0 Å². The van der Waals surface area contributed by atoms with Crippen molar-refractivity contribution in [2.75, 3.05) is 21.3 Å². The second-order valence-electron chi connectivity index (χ2n) is 5.02. The minimum absolute atomic E-state index is 0.321. The summed E-state index contributed by atoms with van der Waals surface area (Å²) in [5.74, 6) is 1.31. The highest BCUT2D eigenvalue weighted by atomic mass is 16.5. The average Bonchev–Trinajstić information content (AvgIpc) is 2.56. The van der Waals surface area contributed by atoms with Crippen LogP contribution in [-0.4, -0.2) is 27.3 Å². The van der Waals surface area contributed by atoms with Crippen LogP contribution in [0.1, 0.15) is 21.5 Å². The van der Waals surface area contributed by atoms with Gasteiger partial charge in [0.05, 0.1) is 26.9 Å². The van der Waals surface area contributed by atoms with Gasteiger partial charge >= 0.3 is 5.97 Å². The zero-order valence-electron chi connectivity index (χ0n) is 13.9. The van der Waals surface area contributed by atoms with E-state index < -0.39 is 5.97 Å². The molecule has 0 N–H and O–H groups in total. The van der Waals surface area contributed by atoms with Gasteiger partial charge in [-0.05, 0) is 37.1 Å². The van der Waals surface area contributed by atoms with E-state index in [0.29, 0.717) is 28.6 Å². The summed E-state index contributed by atoms with van der Waals surface area (Å²) in [5.41, 5.74) is 2.11. The molecule has 0 aliphatic carbocycles. The first-order chi connectivity index (χ1) is 11.0. The minimum atomic E-state index is -0.485. The summed E-state index contributed by atoms with van der Waals surface area (Å²) in [6.45, 7) is 3.79. The summed E-state index contributed by atoms with van der Waals surface area (Å²) in [7, 11) is 4.50. The number of benzene rings is 2. The molecule has 0 atom stereocenters. The molecule has 5 nitrogen and oxygen atoms in total. The molecule has 0 bridgehead atoms. The van der Waals surface area contributed by atoms with Crippen LogP contribution in [0.3, 0.4) is 0 Å². The Balaban J connectivity index is 2.40. The largest absolute Gasteiger partial charge is 0.493 e. The molecule has 0 aromatic heterocycles. The number of methoxy groups -OCH3 is 3. The van der Waals surface area contributed by atoms with E-state index in [0.717, 1.165) is 11.1 Å². The van der Waals surface area contributed by atoms with Crippen LogP contribution < -0.4 is 18.9 Å². The lowest BCUT2D eigenvalue weighted by molar-refractivity contribution is 0.0731. The van der Waals surface area contributed by atoms with E-state index in [9.17, 15) is 4.79 Å². The van der Waals surface area contributed by atoms with Crippen LogP contribution in [-0.2, 0) is 0 Å². The van der Waals surface area contributed by atoms with Crippen molar-refractivity contribution in [2.24, 2.45) is 0 Å². The quantitative estimate of drug-likeness (QED) is 0.624. The van der Waals surface area contributed by atoms with Crippen molar-refractivity contribution >= 4 is 5.97 Å². The molecule has 0 fully saturated rings. The molecule has 23 heavy (non-hydrogen) atoms. The topological polar surface area (TPSA) is 54.0 Å². The predicted molar refractivity (Wildman–Crippen MR) is 87.0 cm³/mol. The zero-order valence-corrected chi connectivity index (χ0v) is 13.9. The number of aryl methyl sites for hydroxylation is 2. The number of carbonyl (C=O) groups excluding carboxylic acids is 1. The van der Waals surface area contributed by atoms with E-state index in [1.165, 1.54) is 21.3 Å². The minimum Gasteiger partial charge on any atom is -0.493 e. The average molecular weight is 316 g/mol. The molecule has 0 aliphatic heterocycles. The SMILES string of the molecule is COc1cc(C(=O)Oc2c(C)cccc2C)cc(OC)c1OC. The second-order valence-corrected chi connectivity index (χ2v) is 5.02. The molecule has 0 aliphatic rings. The highest BCUT2D eigenvalue weighted by molar-refractivity contribution is 5.93. The highest BCUT2D eigenvalue weighted by Gasteiger charge is 2.19. The molecule has 2 aromatic rings.